The Kier molecular flexibility index (Phi) is 7.48. The van der Waals surface area contributed by atoms with E-state index < -0.39 is 0 Å². The molecule has 0 atom stereocenters. The highest BCUT2D eigenvalue weighted by Gasteiger charge is 2.09. The molecule has 0 saturated heterocycles. The maximum absolute atomic E-state index is 6.18. The summed E-state index contributed by atoms with van der Waals surface area (Å²) in [6, 6.07) is 24.3. The molecule has 3 aromatic carbocycles. The molecule has 148 valence electrons. The van der Waals surface area contributed by atoms with Gasteiger partial charge in [0.1, 0.15) is 12.4 Å². The lowest BCUT2D eigenvalue weighted by atomic mass is 10.0. The van der Waals surface area contributed by atoms with Crippen molar-refractivity contribution in [1.82, 2.24) is 10.3 Å². The average Bonchev–Trinajstić information content (AvgIpc) is 2.75. The van der Waals surface area contributed by atoms with E-state index in [1.54, 1.807) is 6.20 Å². The summed E-state index contributed by atoms with van der Waals surface area (Å²) >= 11 is 5.97. The Hall–Kier alpha value is -2.59. The van der Waals surface area contributed by atoms with Crippen LogP contribution in [-0.2, 0) is 19.7 Å². The van der Waals surface area contributed by atoms with E-state index in [9.17, 15) is 0 Å². The second-order valence-corrected chi connectivity index (χ2v) is 7.08. The fraction of sp³-hybridized carbons (Fsp3) is 0.125. The zero-order valence-corrected chi connectivity index (χ0v) is 17.4. The number of benzene rings is 3. The summed E-state index contributed by atoms with van der Waals surface area (Å²) < 4.78 is 6.18. The Balaban J connectivity index is 0.00000240. The first-order valence-corrected chi connectivity index (χ1v) is 9.65. The number of hydrogen-bond acceptors (Lipinski definition) is 3. The first kappa shape index (κ1) is 21.1. The molecule has 1 aromatic heterocycles. The zero-order chi connectivity index (χ0) is 19.2. The number of halogens is 2. The summed E-state index contributed by atoms with van der Waals surface area (Å²) in [5.74, 6) is 0.896. The molecule has 5 heteroatoms. The van der Waals surface area contributed by atoms with Gasteiger partial charge in [0.2, 0.25) is 0 Å². The van der Waals surface area contributed by atoms with Crippen LogP contribution in [-0.4, -0.2) is 4.98 Å². The van der Waals surface area contributed by atoms with Gasteiger partial charge in [-0.05, 0) is 46.2 Å². The third-order valence-electron chi connectivity index (χ3n) is 4.66. The zero-order valence-electron chi connectivity index (χ0n) is 15.8. The molecule has 0 amide bonds. The molecule has 4 aromatic rings. The number of aromatic nitrogens is 1. The Morgan fingerprint density at radius 1 is 0.828 bits per heavy atom. The van der Waals surface area contributed by atoms with E-state index in [-0.39, 0.29) is 12.4 Å². The molecule has 0 fully saturated rings. The Morgan fingerprint density at radius 2 is 1.66 bits per heavy atom. The van der Waals surface area contributed by atoms with Crippen LogP contribution >= 0.6 is 24.0 Å². The van der Waals surface area contributed by atoms with Crippen LogP contribution in [0, 0.1) is 0 Å². The number of rotatable bonds is 7. The molecule has 0 unspecified atom stereocenters. The number of nitrogens with zero attached hydrogens (tertiary/aromatic N) is 1. The summed E-state index contributed by atoms with van der Waals surface area (Å²) in [4.78, 5) is 4.17. The molecule has 0 saturated carbocycles. The summed E-state index contributed by atoms with van der Waals surface area (Å²) in [5.41, 5.74) is 3.41. The fourth-order valence-corrected chi connectivity index (χ4v) is 3.34. The summed E-state index contributed by atoms with van der Waals surface area (Å²) in [5, 5.41) is 6.66. The van der Waals surface area contributed by atoms with Crippen molar-refractivity contribution in [3.63, 3.8) is 0 Å². The molecule has 0 aliphatic carbocycles. The molecular formula is C24H22Cl2N2O. The van der Waals surface area contributed by atoms with Crippen LogP contribution in [0.4, 0.5) is 0 Å². The van der Waals surface area contributed by atoms with E-state index in [4.69, 9.17) is 16.3 Å². The molecule has 3 nitrogen and oxygen atoms in total. The Labute approximate surface area is 182 Å². The molecule has 4 rings (SSSR count). The normalized spacial score (nSPS) is 10.5. The van der Waals surface area contributed by atoms with Crippen molar-refractivity contribution in [2.24, 2.45) is 0 Å². The highest BCUT2D eigenvalue weighted by molar-refractivity contribution is 6.30. The lowest BCUT2D eigenvalue weighted by Crippen LogP contribution is -2.14. The molecule has 1 heterocycles. The van der Waals surface area contributed by atoms with Crippen molar-refractivity contribution in [3.05, 3.63) is 107 Å². The third kappa shape index (κ3) is 5.48. The van der Waals surface area contributed by atoms with Gasteiger partial charge in [-0.25, -0.2) is 0 Å². The van der Waals surface area contributed by atoms with E-state index in [1.165, 1.54) is 10.8 Å². The molecule has 0 spiro atoms. The van der Waals surface area contributed by atoms with Crippen molar-refractivity contribution < 1.29 is 4.74 Å². The number of nitrogens with one attached hydrogen (secondary N) is 1. The molecule has 29 heavy (non-hydrogen) atoms. The quantitative estimate of drug-likeness (QED) is 0.384. The first-order chi connectivity index (χ1) is 13.8. The maximum atomic E-state index is 6.18. The lowest BCUT2D eigenvalue weighted by molar-refractivity contribution is 0.302. The van der Waals surface area contributed by atoms with Crippen LogP contribution in [0.5, 0.6) is 5.75 Å². The predicted molar refractivity (Wildman–Crippen MR) is 122 cm³/mol. The van der Waals surface area contributed by atoms with Crippen LogP contribution in [0.15, 0.2) is 85.2 Å². The summed E-state index contributed by atoms with van der Waals surface area (Å²) in [6.07, 6.45) is 3.67. The fourth-order valence-electron chi connectivity index (χ4n) is 3.21. The maximum Gasteiger partial charge on any atom is 0.124 e. The first-order valence-electron chi connectivity index (χ1n) is 9.27. The largest absolute Gasteiger partial charge is 0.489 e. The molecule has 0 bridgehead atoms. The van der Waals surface area contributed by atoms with Crippen LogP contribution in [0.25, 0.3) is 10.8 Å². The van der Waals surface area contributed by atoms with Gasteiger partial charge in [-0.3, -0.25) is 4.98 Å². The van der Waals surface area contributed by atoms with Gasteiger partial charge in [-0.15, -0.1) is 12.4 Å². The van der Waals surface area contributed by atoms with Crippen molar-refractivity contribution >= 4 is 34.8 Å². The lowest BCUT2D eigenvalue weighted by Gasteiger charge is -2.15. The van der Waals surface area contributed by atoms with Crippen molar-refractivity contribution in [2.75, 3.05) is 0 Å². The average molecular weight is 425 g/mol. The number of fused-ring (bicyclic) bond motifs is 1. The predicted octanol–water partition coefficient (Wildman–Crippen LogP) is 6.18. The van der Waals surface area contributed by atoms with Crippen LogP contribution < -0.4 is 10.1 Å². The van der Waals surface area contributed by atoms with Gasteiger partial charge in [0.15, 0.2) is 0 Å². The molecule has 1 N–H and O–H groups in total. The SMILES string of the molecule is Cl.Clc1ccc(COc2ccc3ccccc3c2CNCc2cccnc2)cc1. The summed E-state index contributed by atoms with van der Waals surface area (Å²) in [7, 11) is 0. The second kappa shape index (κ2) is 10.3. The minimum Gasteiger partial charge on any atom is -0.489 e. The van der Waals surface area contributed by atoms with Gasteiger partial charge in [-0.1, -0.05) is 60.1 Å². The van der Waals surface area contributed by atoms with Crippen molar-refractivity contribution in [2.45, 2.75) is 19.7 Å². The molecule has 0 radical (unpaired) electrons. The molecular weight excluding hydrogens is 403 g/mol. The van der Waals surface area contributed by atoms with Crippen molar-refractivity contribution in [3.8, 4) is 5.75 Å². The van der Waals surface area contributed by atoms with Crippen LogP contribution in [0.3, 0.4) is 0 Å². The van der Waals surface area contributed by atoms with E-state index >= 15 is 0 Å². The van der Waals surface area contributed by atoms with E-state index in [2.05, 4.69) is 52.8 Å². The van der Waals surface area contributed by atoms with Gasteiger partial charge in [0.25, 0.3) is 0 Å². The second-order valence-electron chi connectivity index (χ2n) is 6.64. The topological polar surface area (TPSA) is 34.1 Å². The number of ether oxygens (including phenoxy) is 1. The van der Waals surface area contributed by atoms with E-state index in [0.717, 1.165) is 34.0 Å². The van der Waals surface area contributed by atoms with Gasteiger partial charge in [0.05, 0.1) is 0 Å². The van der Waals surface area contributed by atoms with Gasteiger partial charge >= 0.3 is 0 Å². The Morgan fingerprint density at radius 3 is 2.45 bits per heavy atom. The standard InChI is InChI=1S/C24H21ClN2O.ClH/c25-21-10-7-18(8-11-21)17-28-24-12-9-20-5-1-2-6-22(20)23(24)16-27-15-19-4-3-13-26-14-19;/h1-14,27H,15-17H2;1H. The third-order valence-corrected chi connectivity index (χ3v) is 4.91. The number of pyridine rings is 1. The minimum atomic E-state index is 0. The number of hydrogen-bond donors (Lipinski definition) is 1. The van der Waals surface area contributed by atoms with Crippen LogP contribution in [0.2, 0.25) is 5.02 Å². The molecule has 0 aliphatic heterocycles. The monoisotopic (exact) mass is 424 g/mol. The van der Waals surface area contributed by atoms with E-state index in [1.807, 2.05) is 36.5 Å². The Bertz CT molecular complexity index is 1050. The highest BCUT2D eigenvalue weighted by Crippen LogP contribution is 2.29. The minimum absolute atomic E-state index is 0. The van der Waals surface area contributed by atoms with Gasteiger partial charge in [-0.2, -0.15) is 0 Å². The molecule has 0 aliphatic rings. The van der Waals surface area contributed by atoms with Gasteiger partial charge in [0, 0.05) is 36.1 Å². The van der Waals surface area contributed by atoms with Crippen LogP contribution in [0.1, 0.15) is 16.7 Å². The van der Waals surface area contributed by atoms with E-state index in [0.29, 0.717) is 13.2 Å². The van der Waals surface area contributed by atoms with Gasteiger partial charge < -0.3 is 10.1 Å². The smallest absolute Gasteiger partial charge is 0.124 e. The summed E-state index contributed by atoms with van der Waals surface area (Å²) in [6.45, 7) is 1.98. The highest BCUT2D eigenvalue weighted by atomic mass is 35.5. The van der Waals surface area contributed by atoms with Crippen molar-refractivity contribution in [1.29, 1.82) is 0 Å².